The quantitative estimate of drug-likeness (QED) is 0.106. The molecule has 1 radical (unpaired) electrons. The largest absolute Gasteiger partial charge is 2.00 e. The van der Waals surface area contributed by atoms with Gasteiger partial charge in [0.15, 0.2) is 0 Å². The SMILES string of the molecule is C.CC(O)C(C)C(C)O.CC(O)C(C)C(C)O.C[CH+]C.NCCN(CCCl)CCCl.[2HH].[Co+2].[NH-]CCN(CCCl)CCCl. The first-order valence-corrected chi connectivity index (χ1v) is 15.9. The van der Waals surface area contributed by atoms with E-state index in [0.29, 0.717) is 36.6 Å². The van der Waals surface area contributed by atoms with Gasteiger partial charge in [-0.15, -0.1) is 52.9 Å². The van der Waals surface area contributed by atoms with E-state index >= 15 is 0 Å². The van der Waals surface area contributed by atoms with Crippen molar-refractivity contribution in [2.75, 3.05) is 75.9 Å². The molecule has 0 fully saturated rings. The summed E-state index contributed by atoms with van der Waals surface area (Å²) in [7, 11) is 0. The van der Waals surface area contributed by atoms with Crippen LogP contribution >= 0.6 is 46.4 Å². The Bertz CT molecular complexity index is 365. The normalized spacial score (nSPS) is 14.2. The van der Waals surface area contributed by atoms with Gasteiger partial charge >= 0.3 is 16.8 Å². The van der Waals surface area contributed by atoms with Crippen molar-refractivity contribution in [3.05, 3.63) is 12.2 Å². The van der Waals surface area contributed by atoms with Crippen LogP contribution in [0.2, 0.25) is 0 Å². The second-order valence-electron chi connectivity index (χ2n) is 9.24. The Morgan fingerprint density at radius 2 is 0.854 bits per heavy atom. The molecule has 4 atom stereocenters. The van der Waals surface area contributed by atoms with Crippen molar-refractivity contribution in [2.24, 2.45) is 17.6 Å². The molecule has 0 aliphatic carbocycles. The maximum absolute atomic E-state index is 8.83. The summed E-state index contributed by atoms with van der Waals surface area (Å²) in [5.74, 6) is 2.51. The smallest absolute Gasteiger partial charge is 0.676 e. The van der Waals surface area contributed by atoms with Gasteiger partial charge in [-0.25, -0.2) is 0 Å². The zero-order valence-electron chi connectivity index (χ0n) is 26.1. The number of nitrogens with two attached hydrogens (primary N) is 1. The van der Waals surface area contributed by atoms with E-state index < -0.39 is 24.4 Å². The number of nitrogens with one attached hydrogen (secondary N) is 1. The molecule has 0 bridgehead atoms. The number of halogens is 4. The van der Waals surface area contributed by atoms with Crippen molar-refractivity contribution >= 4 is 46.4 Å². The summed E-state index contributed by atoms with van der Waals surface area (Å²) in [4.78, 5) is 4.24. The van der Waals surface area contributed by atoms with Crippen LogP contribution in [0.5, 0.6) is 0 Å². The van der Waals surface area contributed by atoms with Crippen molar-refractivity contribution in [3.63, 3.8) is 0 Å². The number of alkyl halides is 4. The van der Waals surface area contributed by atoms with E-state index in [2.05, 4.69) is 9.80 Å². The maximum atomic E-state index is 8.83. The van der Waals surface area contributed by atoms with E-state index in [0.717, 1.165) is 39.3 Å². The van der Waals surface area contributed by atoms with Gasteiger partial charge in [-0.05, 0) is 34.2 Å². The van der Waals surface area contributed by atoms with E-state index in [-0.39, 0.29) is 37.5 Å². The second kappa shape index (κ2) is 45.6. The van der Waals surface area contributed by atoms with Gasteiger partial charge in [0.2, 0.25) is 0 Å². The van der Waals surface area contributed by atoms with Crippen molar-refractivity contribution in [1.29, 1.82) is 0 Å². The summed E-state index contributed by atoms with van der Waals surface area (Å²) in [6.45, 7) is 20.5. The third-order valence-corrected chi connectivity index (χ3v) is 6.20. The third-order valence-electron chi connectivity index (χ3n) is 5.52. The summed E-state index contributed by atoms with van der Waals surface area (Å²) in [5.41, 5.74) is 12.3. The zero-order chi connectivity index (χ0) is 31.8. The van der Waals surface area contributed by atoms with Gasteiger partial charge < -0.3 is 36.8 Å². The fraction of sp³-hybridized carbons (Fsp3) is 0.964. The minimum absolute atomic E-state index is 0. The summed E-state index contributed by atoms with van der Waals surface area (Å²) in [6, 6.07) is 0. The molecule has 0 aliphatic rings. The molecule has 0 aromatic heterocycles. The number of rotatable bonds is 16. The molecule has 41 heavy (non-hydrogen) atoms. The summed E-state index contributed by atoms with van der Waals surface area (Å²) in [5, 5.41) is 35.3. The monoisotopic (exact) mass is 724 g/mol. The van der Waals surface area contributed by atoms with E-state index in [1.165, 1.54) is 0 Å². The third kappa shape index (κ3) is 51.1. The fourth-order valence-electron chi connectivity index (χ4n) is 2.30. The van der Waals surface area contributed by atoms with Crippen molar-refractivity contribution in [2.45, 2.75) is 87.2 Å². The van der Waals surface area contributed by atoms with Crippen LogP contribution in [-0.4, -0.2) is 131 Å². The van der Waals surface area contributed by atoms with Crippen LogP contribution in [0.1, 0.15) is 64.2 Å². The Morgan fingerprint density at radius 3 is 0.976 bits per heavy atom. The molecule has 8 nitrogen and oxygen atoms in total. The predicted octanol–water partition coefficient (Wildman–Crippen LogP) is 5.42. The number of hydrogen-bond donors (Lipinski definition) is 5. The van der Waals surface area contributed by atoms with Crippen molar-refractivity contribution < 1.29 is 38.6 Å². The predicted molar refractivity (Wildman–Crippen MR) is 184 cm³/mol. The van der Waals surface area contributed by atoms with Gasteiger partial charge in [-0.3, -0.25) is 4.90 Å². The van der Waals surface area contributed by atoms with Crippen LogP contribution in [0.3, 0.4) is 0 Å². The molecular weight excluding hydrogens is 657 g/mol. The first kappa shape index (κ1) is 57.8. The minimum Gasteiger partial charge on any atom is -0.676 e. The van der Waals surface area contributed by atoms with Crippen LogP contribution in [0.15, 0.2) is 0 Å². The average Bonchev–Trinajstić information content (AvgIpc) is 2.85. The molecule has 0 spiro atoms. The molecule has 0 aromatic rings. The molecule has 0 saturated carbocycles. The molecular formula is C28H68Cl4CoN4O4+2. The molecule has 7 N–H and O–H groups in total. The molecule has 0 aromatic carbocycles. The molecule has 13 heteroatoms. The van der Waals surface area contributed by atoms with Crippen molar-refractivity contribution in [3.8, 4) is 0 Å². The Kier molecular flexibility index (Phi) is 64.4. The van der Waals surface area contributed by atoms with Crippen molar-refractivity contribution in [1.82, 2.24) is 9.80 Å². The first-order valence-electron chi connectivity index (χ1n) is 13.7. The maximum Gasteiger partial charge on any atom is 2.00 e. The van der Waals surface area contributed by atoms with Gasteiger partial charge in [-0.2, -0.15) is 0 Å². The summed E-state index contributed by atoms with van der Waals surface area (Å²) < 4.78 is 0. The van der Waals surface area contributed by atoms with Crippen LogP contribution in [0.4, 0.5) is 0 Å². The van der Waals surface area contributed by atoms with E-state index in [4.69, 9.17) is 78.3 Å². The number of aliphatic hydroxyl groups is 4. The molecule has 0 rings (SSSR count). The van der Waals surface area contributed by atoms with E-state index in [1.807, 2.05) is 34.1 Å². The van der Waals surface area contributed by atoms with Gasteiger partial charge in [0.05, 0.1) is 44.7 Å². The molecule has 259 valence electrons. The van der Waals surface area contributed by atoms with Crippen LogP contribution in [0, 0.1) is 18.3 Å². The summed E-state index contributed by atoms with van der Waals surface area (Å²) >= 11 is 22.1. The number of aliphatic hydroxyl groups excluding tert-OH is 4. The average molecular weight is 727 g/mol. The Labute approximate surface area is 286 Å². The molecule has 0 heterocycles. The van der Waals surface area contributed by atoms with Crippen LogP contribution in [-0.2, 0) is 16.8 Å². The molecule has 0 aliphatic heterocycles. The summed E-state index contributed by atoms with van der Waals surface area (Å²) in [6.07, 6.45) is 0.370. The standard InChI is InChI=1S/C6H14Cl2N2.C6H13Cl2N2.2C6H14O2.C3H7.CH4.Co.H2/c2*7-1-4-10(5-2-8)6-3-9;2*1-4(5(2)7)6(3)8;1-3-2;;;/h1-6,9H2;9H,1-6H2;2*4-8H,1-3H3;3H,1-2H3;1H4;;1H/q;-1;;;+1;;+2;/i;;;;;;;1+1. The number of nitrogens with zero attached hydrogens (tertiary/aromatic N) is 2. The fourth-order valence-corrected chi connectivity index (χ4v) is 3.25. The van der Waals surface area contributed by atoms with Gasteiger partial charge in [0.25, 0.3) is 0 Å². The van der Waals surface area contributed by atoms with Gasteiger partial charge in [-0.1, -0.05) is 21.3 Å². The molecule has 0 amide bonds. The first-order chi connectivity index (χ1) is 18.2. The van der Waals surface area contributed by atoms with Gasteiger partial charge in [0, 0.05) is 76.1 Å². The minimum atomic E-state index is -0.407. The molecule has 0 saturated heterocycles. The Balaban J connectivity index is -0.0000000581. The van der Waals surface area contributed by atoms with Gasteiger partial charge in [0.1, 0.15) is 0 Å². The van der Waals surface area contributed by atoms with Crippen LogP contribution < -0.4 is 5.73 Å². The zero-order valence-corrected chi connectivity index (χ0v) is 30.2. The Morgan fingerprint density at radius 1 is 0.634 bits per heavy atom. The Hall–Kier alpha value is 1.22. The van der Waals surface area contributed by atoms with Crippen LogP contribution in [0.25, 0.3) is 5.73 Å². The second-order valence-corrected chi connectivity index (χ2v) is 10.7. The number of hydrogen-bond acceptors (Lipinski definition) is 7. The topological polar surface area (TPSA) is 137 Å². The van der Waals surface area contributed by atoms with E-state index in [1.54, 1.807) is 27.7 Å². The molecule has 4 unspecified atom stereocenters. The van der Waals surface area contributed by atoms with E-state index in [9.17, 15) is 0 Å².